The number of likely N-dealkylation sites (tertiary alicyclic amines) is 1. The zero-order chi connectivity index (χ0) is 23.9. The molecule has 0 saturated carbocycles. The lowest BCUT2D eigenvalue weighted by Crippen LogP contribution is -2.40. The summed E-state index contributed by atoms with van der Waals surface area (Å²) < 4.78 is 48.0. The van der Waals surface area contributed by atoms with Gasteiger partial charge in [0.25, 0.3) is 5.91 Å². The minimum atomic E-state index is -4.47. The fraction of sp³-hybridized carbons (Fsp3) is 0.304. The highest BCUT2D eigenvalue weighted by atomic mass is 19.4. The van der Waals surface area contributed by atoms with Gasteiger partial charge in [-0.25, -0.2) is 4.68 Å². The Hall–Kier alpha value is -3.89. The Morgan fingerprint density at radius 2 is 1.88 bits per heavy atom. The normalized spacial score (nSPS) is 16.7. The van der Waals surface area contributed by atoms with E-state index in [0.29, 0.717) is 36.6 Å². The lowest BCUT2D eigenvalue weighted by Gasteiger charge is -2.31. The number of amides is 1. The molecule has 1 atom stereocenters. The van der Waals surface area contributed by atoms with Crippen molar-refractivity contribution in [1.82, 2.24) is 29.3 Å². The highest BCUT2D eigenvalue weighted by Gasteiger charge is 2.34. The summed E-state index contributed by atoms with van der Waals surface area (Å²) in [5, 5.41) is 12.6. The largest absolute Gasteiger partial charge is 0.493 e. The van der Waals surface area contributed by atoms with Crippen molar-refractivity contribution < 1.29 is 22.7 Å². The van der Waals surface area contributed by atoms with E-state index in [1.807, 2.05) is 30.3 Å². The number of hydrogen-bond acceptors (Lipinski definition) is 5. The van der Waals surface area contributed by atoms with Crippen LogP contribution < -0.4 is 4.74 Å². The van der Waals surface area contributed by atoms with Gasteiger partial charge in [0.15, 0.2) is 17.1 Å². The number of rotatable bonds is 4. The number of ether oxygens (including phenoxy) is 1. The number of para-hydroxylation sites is 1. The van der Waals surface area contributed by atoms with Gasteiger partial charge in [-0.1, -0.05) is 18.2 Å². The highest BCUT2D eigenvalue weighted by Crippen LogP contribution is 2.32. The number of carbonyl (C=O) groups excluding carboxylic acids is 1. The van der Waals surface area contributed by atoms with Crippen molar-refractivity contribution in [3.63, 3.8) is 0 Å². The molecule has 1 unspecified atom stereocenters. The van der Waals surface area contributed by atoms with E-state index in [4.69, 9.17) is 4.74 Å². The number of hydrogen-bond donors (Lipinski definition) is 0. The predicted molar refractivity (Wildman–Crippen MR) is 116 cm³/mol. The summed E-state index contributed by atoms with van der Waals surface area (Å²) in [5.74, 6) is 0.179. The number of nitrogens with zero attached hydrogens (tertiary/aromatic N) is 6. The first-order valence-electron chi connectivity index (χ1n) is 10.8. The summed E-state index contributed by atoms with van der Waals surface area (Å²) in [6.07, 6.45) is -0.467. The van der Waals surface area contributed by atoms with Gasteiger partial charge in [-0.2, -0.15) is 18.3 Å². The van der Waals surface area contributed by atoms with Crippen molar-refractivity contribution in [2.45, 2.75) is 24.9 Å². The highest BCUT2D eigenvalue weighted by molar-refractivity contribution is 5.95. The number of carbonyl (C=O) groups is 1. The van der Waals surface area contributed by atoms with E-state index in [2.05, 4.69) is 15.3 Å². The van der Waals surface area contributed by atoms with E-state index in [9.17, 15) is 18.0 Å². The zero-order valence-corrected chi connectivity index (χ0v) is 18.2. The lowest BCUT2D eigenvalue weighted by atomic mass is 9.97. The second-order valence-corrected chi connectivity index (χ2v) is 8.12. The van der Waals surface area contributed by atoms with Crippen molar-refractivity contribution in [2.75, 3.05) is 20.2 Å². The maximum atomic E-state index is 13.4. The first kappa shape index (κ1) is 21.9. The van der Waals surface area contributed by atoms with Gasteiger partial charge < -0.3 is 9.64 Å². The molecule has 0 bridgehead atoms. The Morgan fingerprint density at radius 1 is 1.09 bits per heavy atom. The number of benzene rings is 1. The number of halogens is 3. The average molecular weight is 470 g/mol. The molecular weight excluding hydrogens is 449 g/mol. The number of alkyl halides is 3. The molecule has 11 heteroatoms. The molecule has 176 valence electrons. The van der Waals surface area contributed by atoms with Gasteiger partial charge >= 0.3 is 6.18 Å². The number of pyridine rings is 1. The Kier molecular flexibility index (Phi) is 5.46. The van der Waals surface area contributed by atoms with Crippen LogP contribution in [0.1, 0.15) is 40.6 Å². The third kappa shape index (κ3) is 3.97. The van der Waals surface area contributed by atoms with Crippen LogP contribution in [0.25, 0.3) is 11.3 Å². The molecule has 1 fully saturated rings. The Morgan fingerprint density at radius 3 is 2.62 bits per heavy atom. The molecule has 8 nitrogen and oxygen atoms in total. The number of piperidine rings is 1. The van der Waals surface area contributed by atoms with Crippen molar-refractivity contribution in [3.05, 3.63) is 71.9 Å². The first-order chi connectivity index (χ1) is 16.3. The van der Waals surface area contributed by atoms with E-state index >= 15 is 0 Å². The molecule has 0 spiro atoms. The molecule has 4 heterocycles. The second-order valence-electron chi connectivity index (χ2n) is 8.12. The minimum Gasteiger partial charge on any atom is -0.493 e. The van der Waals surface area contributed by atoms with E-state index in [0.717, 1.165) is 18.0 Å². The van der Waals surface area contributed by atoms with Crippen LogP contribution in [-0.2, 0) is 6.18 Å². The Bertz CT molecular complexity index is 1330. The summed E-state index contributed by atoms with van der Waals surface area (Å²) in [6.45, 7) is 0.790. The molecule has 1 amide bonds. The molecule has 1 aliphatic rings. The van der Waals surface area contributed by atoms with Crippen LogP contribution in [-0.4, -0.2) is 55.4 Å². The molecule has 0 N–H and O–H groups in total. The lowest BCUT2D eigenvalue weighted by molar-refractivity contribution is -0.137. The van der Waals surface area contributed by atoms with E-state index in [1.54, 1.807) is 15.8 Å². The van der Waals surface area contributed by atoms with Crippen LogP contribution in [0.15, 0.2) is 54.9 Å². The van der Waals surface area contributed by atoms with Gasteiger partial charge in [-0.05, 0) is 37.1 Å². The van der Waals surface area contributed by atoms with Gasteiger partial charge in [0, 0.05) is 25.2 Å². The number of fused-ring (bicyclic) bond motifs is 1. The fourth-order valence-corrected chi connectivity index (χ4v) is 4.25. The van der Waals surface area contributed by atoms with E-state index < -0.39 is 11.7 Å². The van der Waals surface area contributed by atoms with Crippen LogP contribution in [0.3, 0.4) is 0 Å². The molecule has 0 radical (unpaired) electrons. The molecule has 3 aromatic heterocycles. The minimum absolute atomic E-state index is 0.178. The van der Waals surface area contributed by atoms with E-state index in [1.165, 1.54) is 17.6 Å². The van der Waals surface area contributed by atoms with Gasteiger partial charge in [0.05, 0.1) is 24.6 Å². The van der Waals surface area contributed by atoms with Crippen molar-refractivity contribution in [1.29, 1.82) is 0 Å². The maximum Gasteiger partial charge on any atom is 0.417 e. The molecule has 1 aliphatic heterocycles. The summed E-state index contributed by atoms with van der Waals surface area (Å²) in [5.41, 5.74) is 0.514. The summed E-state index contributed by atoms with van der Waals surface area (Å²) >= 11 is 0. The SMILES string of the molecule is COc1cn(-c2ccccc2)nc1C(=O)N1CCCC(c2nnc3ccc(C(F)(F)F)cn23)C1. The molecule has 5 rings (SSSR count). The zero-order valence-electron chi connectivity index (χ0n) is 18.2. The number of methoxy groups -OCH3 is 1. The van der Waals surface area contributed by atoms with Gasteiger partial charge in [-0.3, -0.25) is 9.20 Å². The quantitative estimate of drug-likeness (QED) is 0.451. The van der Waals surface area contributed by atoms with Crippen molar-refractivity contribution >= 4 is 11.6 Å². The van der Waals surface area contributed by atoms with E-state index in [-0.39, 0.29) is 24.1 Å². The molecule has 1 saturated heterocycles. The molecule has 4 aromatic rings. The molecule has 1 aromatic carbocycles. The smallest absolute Gasteiger partial charge is 0.417 e. The topological polar surface area (TPSA) is 77.6 Å². The van der Waals surface area contributed by atoms with Gasteiger partial charge in [0.1, 0.15) is 5.82 Å². The summed E-state index contributed by atoms with van der Waals surface area (Å²) in [4.78, 5) is 15.0. The van der Waals surface area contributed by atoms with Crippen LogP contribution in [0.4, 0.5) is 13.2 Å². The van der Waals surface area contributed by atoms with Crippen LogP contribution in [0.5, 0.6) is 5.75 Å². The fourth-order valence-electron chi connectivity index (χ4n) is 4.25. The number of aromatic nitrogens is 5. The standard InChI is InChI=1S/C23H21F3N6O2/c1-34-18-14-32(17-7-3-2-4-8-17)29-20(18)22(33)30-11-5-6-15(12-30)21-28-27-19-10-9-16(13-31(19)21)23(24,25)26/h2-4,7-10,13-15H,5-6,11-12H2,1H3. The van der Waals surface area contributed by atoms with Crippen LogP contribution in [0.2, 0.25) is 0 Å². The Balaban J connectivity index is 1.42. The molecular formula is C23H21F3N6O2. The first-order valence-corrected chi connectivity index (χ1v) is 10.8. The van der Waals surface area contributed by atoms with Crippen LogP contribution in [0, 0.1) is 0 Å². The van der Waals surface area contributed by atoms with Crippen molar-refractivity contribution in [3.8, 4) is 11.4 Å². The third-order valence-electron chi connectivity index (χ3n) is 5.95. The molecule has 34 heavy (non-hydrogen) atoms. The van der Waals surface area contributed by atoms with Gasteiger partial charge in [-0.15, -0.1) is 10.2 Å². The summed E-state index contributed by atoms with van der Waals surface area (Å²) in [7, 11) is 1.47. The second kappa shape index (κ2) is 8.47. The molecule has 0 aliphatic carbocycles. The monoisotopic (exact) mass is 470 g/mol. The summed E-state index contributed by atoms with van der Waals surface area (Å²) in [6, 6.07) is 11.6. The van der Waals surface area contributed by atoms with Crippen molar-refractivity contribution in [2.24, 2.45) is 0 Å². The van der Waals surface area contributed by atoms with Gasteiger partial charge in [0.2, 0.25) is 0 Å². The Labute approximate surface area is 192 Å². The van der Waals surface area contributed by atoms with Crippen LogP contribution >= 0.6 is 0 Å². The maximum absolute atomic E-state index is 13.4. The average Bonchev–Trinajstić information content (AvgIpc) is 3.48. The third-order valence-corrected chi connectivity index (χ3v) is 5.95. The predicted octanol–water partition coefficient (Wildman–Crippen LogP) is 3.96.